The van der Waals surface area contributed by atoms with Crippen LogP contribution in [0.4, 0.5) is 0 Å². The third-order valence-corrected chi connectivity index (χ3v) is 3.85. The molecule has 0 radical (unpaired) electrons. The van der Waals surface area contributed by atoms with Gasteiger partial charge in [0.05, 0.1) is 19.8 Å². The number of carbonyl (C=O) groups excluding carboxylic acids is 1. The Morgan fingerprint density at radius 3 is 3.00 bits per heavy atom. The minimum absolute atomic E-state index is 0.173. The lowest BCUT2D eigenvalue weighted by Gasteiger charge is -2.20. The van der Waals surface area contributed by atoms with Crippen molar-refractivity contribution in [2.75, 3.05) is 39.9 Å². The van der Waals surface area contributed by atoms with E-state index < -0.39 is 0 Å². The second-order valence-corrected chi connectivity index (χ2v) is 5.47. The molecule has 1 aromatic rings. The monoisotopic (exact) mass is 295 g/mol. The maximum absolute atomic E-state index is 12.3. The van der Waals surface area contributed by atoms with Crippen LogP contribution in [-0.2, 0) is 9.47 Å². The Bertz CT molecular complexity index is 478. The highest BCUT2D eigenvalue weighted by atomic mass is 16.7. The van der Waals surface area contributed by atoms with Crippen LogP contribution in [0.15, 0.2) is 10.7 Å². The van der Waals surface area contributed by atoms with Gasteiger partial charge in [0.2, 0.25) is 0 Å². The first-order valence-electron chi connectivity index (χ1n) is 7.39. The van der Waals surface area contributed by atoms with E-state index in [-0.39, 0.29) is 18.1 Å². The van der Waals surface area contributed by atoms with Gasteiger partial charge in [0.15, 0.2) is 17.9 Å². The number of hydrogen-bond donors (Lipinski definition) is 1. The molecule has 1 atom stereocenters. The molecule has 1 aromatic heterocycles. The van der Waals surface area contributed by atoms with Gasteiger partial charge in [0.25, 0.3) is 5.91 Å². The Balaban J connectivity index is 1.60. The largest absolute Gasteiger partial charge is 0.448 e. The SMILES string of the molecule is CN(CC1OCCO1)C(=O)c1coc(C2CCCNC2)n1. The topological polar surface area (TPSA) is 76.8 Å². The van der Waals surface area contributed by atoms with Crippen molar-refractivity contribution >= 4 is 5.91 Å². The van der Waals surface area contributed by atoms with Gasteiger partial charge in [-0.2, -0.15) is 0 Å². The Labute approximate surface area is 123 Å². The van der Waals surface area contributed by atoms with Crippen LogP contribution in [0.2, 0.25) is 0 Å². The summed E-state index contributed by atoms with van der Waals surface area (Å²) in [5, 5.41) is 3.31. The van der Waals surface area contributed by atoms with Crippen molar-refractivity contribution in [3.8, 4) is 0 Å². The molecule has 3 rings (SSSR count). The standard InChI is InChI=1S/C14H21N3O4/c1-17(8-12-19-5-6-20-12)14(18)11-9-21-13(16-11)10-3-2-4-15-7-10/h9-10,12,15H,2-8H2,1H3. The fourth-order valence-electron chi connectivity index (χ4n) is 2.65. The quantitative estimate of drug-likeness (QED) is 0.876. The fourth-order valence-corrected chi connectivity index (χ4v) is 2.65. The summed E-state index contributed by atoms with van der Waals surface area (Å²) in [4.78, 5) is 18.2. The zero-order chi connectivity index (χ0) is 14.7. The minimum Gasteiger partial charge on any atom is -0.448 e. The maximum atomic E-state index is 12.3. The van der Waals surface area contributed by atoms with Crippen molar-refractivity contribution in [2.45, 2.75) is 25.0 Å². The molecule has 0 aromatic carbocycles. The van der Waals surface area contributed by atoms with Crippen molar-refractivity contribution in [3.63, 3.8) is 0 Å². The van der Waals surface area contributed by atoms with E-state index in [1.807, 2.05) is 0 Å². The number of carbonyl (C=O) groups is 1. The predicted molar refractivity (Wildman–Crippen MR) is 74.0 cm³/mol. The van der Waals surface area contributed by atoms with Crippen LogP contribution in [0.3, 0.4) is 0 Å². The molecular weight excluding hydrogens is 274 g/mol. The first-order valence-corrected chi connectivity index (χ1v) is 7.39. The van der Waals surface area contributed by atoms with E-state index in [9.17, 15) is 4.79 Å². The lowest BCUT2D eigenvalue weighted by molar-refractivity contribution is -0.0543. The van der Waals surface area contributed by atoms with Gasteiger partial charge < -0.3 is 24.1 Å². The summed E-state index contributed by atoms with van der Waals surface area (Å²) in [7, 11) is 1.71. The van der Waals surface area contributed by atoms with Gasteiger partial charge in [-0.3, -0.25) is 4.79 Å². The summed E-state index contributed by atoms with van der Waals surface area (Å²) in [5.41, 5.74) is 0.344. The smallest absolute Gasteiger partial charge is 0.275 e. The molecule has 0 aliphatic carbocycles. The van der Waals surface area contributed by atoms with E-state index >= 15 is 0 Å². The number of amides is 1. The molecule has 2 aliphatic heterocycles. The molecule has 2 fully saturated rings. The summed E-state index contributed by atoms with van der Waals surface area (Å²) in [6, 6.07) is 0. The van der Waals surface area contributed by atoms with Gasteiger partial charge in [-0.25, -0.2) is 4.98 Å². The predicted octanol–water partition coefficient (Wildman–Crippen LogP) is 0.587. The summed E-state index contributed by atoms with van der Waals surface area (Å²) in [6.45, 7) is 3.44. The van der Waals surface area contributed by atoms with E-state index in [1.165, 1.54) is 6.26 Å². The second kappa shape index (κ2) is 6.55. The molecule has 2 saturated heterocycles. The molecule has 1 amide bonds. The second-order valence-electron chi connectivity index (χ2n) is 5.47. The minimum atomic E-state index is -0.340. The van der Waals surface area contributed by atoms with Crippen molar-refractivity contribution in [2.24, 2.45) is 0 Å². The average molecular weight is 295 g/mol. The van der Waals surface area contributed by atoms with Crippen LogP contribution in [0, 0.1) is 0 Å². The Kier molecular flexibility index (Phi) is 4.52. The molecule has 0 bridgehead atoms. The van der Waals surface area contributed by atoms with Crippen molar-refractivity contribution in [1.29, 1.82) is 0 Å². The number of piperidine rings is 1. The van der Waals surface area contributed by atoms with Crippen LogP contribution in [-0.4, -0.2) is 62.0 Å². The number of nitrogens with zero attached hydrogens (tertiary/aromatic N) is 2. The molecule has 2 aliphatic rings. The third-order valence-electron chi connectivity index (χ3n) is 3.85. The fraction of sp³-hybridized carbons (Fsp3) is 0.714. The maximum Gasteiger partial charge on any atom is 0.275 e. The van der Waals surface area contributed by atoms with Gasteiger partial charge in [-0.15, -0.1) is 0 Å². The highest BCUT2D eigenvalue weighted by Crippen LogP contribution is 2.22. The lowest BCUT2D eigenvalue weighted by Crippen LogP contribution is -2.35. The zero-order valence-electron chi connectivity index (χ0n) is 12.2. The first-order chi connectivity index (χ1) is 10.2. The number of aromatic nitrogens is 1. The summed E-state index contributed by atoms with van der Waals surface area (Å²) in [5.74, 6) is 0.729. The number of ether oxygens (including phenoxy) is 2. The Morgan fingerprint density at radius 1 is 1.48 bits per heavy atom. The Hall–Kier alpha value is -1.44. The summed E-state index contributed by atoms with van der Waals surface area (Å²) < 4.78 is 16.2. The van der Waals surface area contributed by atoms with E-state index in [1.54, 1.807) is 11.9 Å². The van der Waals surface area contributed by atoms with Crippen molar-refractivity contribution in [1.82, 2.24) is 15.2 Å². The van der Waals surface area contributed by atoms with E-state index in [4.69, 9.17) is 13.9 Å². The van der Waals surface area contributed by atoms with Crippen LogP contribution in [0.1, 0.15) is 35.1 Å². The number of rotatable bonds is 4. The highest BCUT2D eigenvalue weighted by molar-refractivity contribution is 5.91. The molecule has 1 N–H and O–H groups in total. The molecule has 7 nitrogen and oxygen atoms in total. The van der Waals surface area contributed by atoms with E-state index in [0.29, 0.717) is 31.3 Å². The number of likely N-dealkylation sites (N-methyl/N-ethyl adjacent to an activating group) is 1. The van der Waals surface area contributed by atoms with Crippen molar-refractivity contribution < 1.29 is 18.7 Å². The molecule has 116 valence electrons. The molecule has 21 heavy (non-hydrogen) atoms. The number of oxazole rings is 1. The van der Waals surface area contributed by atoms with Gasteiger partial charge in [0.1, 0.15) is 6.26 Å². The van der Waals surface area contributed by atoms with Gasteiger partial charge in [0, 0.05) is 19.5 Å². The number of hydrogen-bond acceptors (Lipinski definition) is 6. The summed E-state index contributed by atoms with van der Waals surface area (Å²) >= 11 is 0. The van der Waals surface area contributed by atoms with Crippen molar-refractivity contribution in [3.05, 3.63) is 17.8 Å². The van der Waals surface area contributed by atoms with E-state index in [0.717, 1.165) is 25.9 Å². The van der Waals surface area contributed by atoms with Crippen LogP contribution >= 0.6 is 0 Å². The van der Waals surface area contributed by atoms with E-state index in [2.05, 4.69) is 10.3 Å². The molecule has 0 saturated carbocycles. The molecular formula is C14H21N3O4. The van der Waals surface area contributed by atoms with Crippen LogP contribution in [0.25, 0.3) is 0 Å². The zero-order valence-corrected chi connectivity index (χ0v) is 12.2. The molecule has 3 heterocycles. The number of nitrogens with one attached hydrogen (secondary N) is 1. The van der Waals surface area contributed by atoms with Gasteiger partial charge >= 0.3 is 0 Å². The normalized spacial score (nSPS) is 23.4. The van der Waals surface area contributed by atoms with Crippen LogP contribution in [0.5, 0.6) is 0 Å². The molecule has 0 spiro atoms. The highest BCUT2D eigenvalue weighted by Gasteiger charge is 2.25. The van der Waals surface area contributed by atoms with Gasteiger partial charge in [-0.05, 0) is 19.4 Å². The third kappa shape index (κ3) is 3.42. The first kappa shape index (κ1) is 14.5. The molecule has 1 unspecified atom stereocenters. The van der Waals surface area contributed by atoms with Gasteiger partial charge in [-0.1, -0.05) is 0 Å². The van der Waals surface area contributed by atoms with Crippen LogP contribution < -0.4 is 5.32 Å². The summed E-state index contributed by atoms with van der Waals surface area (Å²) in [6.07, 6.45) is 3.25. The Morgan fingerprint density at radius 2 is 2.29 bits per heavy atom. The average Bonchev–Trinajstić information content (AvgIpc) is 3.18. The molecule has 7 heteroatoms. The lowest BCUT2D eigenvalue weighted by atomic mass is 10.00.